The molecule has 0 aliphatic carbocycles. The van der Waals surface area contributed by atoms with Gasteiger partial charge in [-0.15, -0.1) is 0 Å². The molecule has 206 valence electrons. The topological polar surface area (TPSA) is 161 Å². The number of aromatic nitrogens is 4. The van der Waals surface area contributed by atoms with Gasteiger partial charge >= 0.3 is 23.9 Å². The smallest absolute Gasteiger partial charge is 0.328 e. The van der Waals surface area contributed by atoms with Crippen LogP contribution in [-0.2, 0) is 42.9 Å². The molecule has 0 bridgehead atoms. The van der Waals surface area contributed by atoms with Crippen molar-refractivity contribution in [3.05, 3.63) is 11.5 Å². The molecule has 2 fully saturated rings. The number of halogens is 1. The van der Waals surface area contributed by atoms with Gasteiger partial charge in [0.05, 0.1) is 18.7 Å². The molecule has 2 saturated heterocycles. The maximum absolute atomic E-state index is 12.5. The number of piperidine rings is 1. The van der Waals surface area contributed by atoms with Crippen LogP contribution in [0.2, 0.25) is 5.28 Å². The van der Waals surface area contributed by atoms with E-state index in [4.69, 9.17) is 35.3 Å². The highest BCUT2D eigenvalue weighted by Crippen LogP contribution is 2.38. The Morgan fingerprint density at radius 2 is 1.76 bits per heavy atom. The fourth-order valence-electron chi connectivity index (χ4n) is 4.75. The summed E-state index contributed by atoms with van der Waals surface area (Å²) >= 11 is 6.31. The Morgan fingerprint density at radius 1 is 1.05 bits per heavy atom. The molecule has 0 unspecified atom stereocenters. The van der Waals surface area contributed by atoms with Crippen molar-refractivity contribution in [1.82, 2.24) is 19.7 Å². The first-order valence-electron chi connectivity index (χ1n) is 12.0. The Morgan fingerprint density at radius 3 is 2.42 bits per heavy atom. The summed E-state index contributed by atoms with van der Waals surface area (Å²) in [4.78, 5) is 58.3. The second-order valence-corrected chi connectivity index (χ2v) is 9.22. The first-order chi connectivity index (χ1) is 18.1. The molecule has 4 heterocycles. The molecule has 0 spiro atoms. The van der Waals surface area contributed by atoms with Gasteiger partial charge in [-0.2, -0.15) is 15.1 Å². The van der Waals surface area contributed by atoms with E-state index in [1.807, 2.05) is 4.90 Å². The molecule has 14 nitrogen and oxygen atoms in total. The molecule has 2 aromatic heterocycles. The molecule has 15 heteroatoms. The SMILES string of the molecule is COC(=O)[C@H]1CCCCN1c1nc(Cl)nc2c1cnn2[C@@H]1O[C@H](COC(C)=O)[C@@H](OC(C)=O)[C@H]1OC(C)=O. The summed E-state index contributed by atoms with van der Waals surface area (Å²) in [5, 5.41) is 4.76. The van der Waals surface area contributed by atoms with E-state index >= 15 is 0 Å². The predicted molar refractivity (Wildman–Crippen MR) is 129 cm³/mol. The molecule has 2 aliphatic rings. The average molecular weight is 554 g/mol. The number of nitrogens with zero attached hydrogens (tertiary/aromatic N) is 5. The predicted octanol–water partition coefficient (Wildman–Crippen LogP) is 1.34. The number of ether oxygens (including phenoxy) is 5. The molecule has 2 aromatic rings. The second kappa shape index (κ2) is 11.5. The maximum atomic E-state index is 12.5. The minimum atomic E-state index is -1.16. The van der Waals surface area contributed by atoms with Gasteiger partial charge in [-0.3, -0.25) is 14.4 Å². The van der Waals surface area contributed by atoms with Crippen LogP contribution in [0.25, 0.3) is 11.0 Å². The number of hydrogen-bond acceptors (Lipinski definition) is 13. The Hall–Kier alpha value is -3.52. The number of hydrogen-bond donors (Lipinski definition) is 0. The fraction of sp³-hybridized carbons (Fsp3) is 0.609. The summed E-state index contributed by atoms with van der Waals surface area (Å²) in [7, 11) is 1.33. The average Bonchev–Trinajstić information content (AvgIpc) is 3.42. The number of methoxy groups -OCH3 is 1. The monoisotopic (exact) mass is 553 g/mol. The first-order valence-corrected chi connectivity index (χ1v) is 12.4. The molecular weight excluding hydrogens is 526 g/mol. The van der Waals surface area contributed by atoms with E-state index in [-0.39, 0.29) is 17.5 Å². The van der Waals surface area contributed by atoms with Gasteiger partial charge in [0, 0.05) is 27.3 Å². The zero-order chi connectivity index (χ0) is 27.6. The van der Waals surface area contributed by atoms with Gasteiger partial charge < -0.3 is 28.6 Å². The van der Waals surface area contributed by atoms with Crippen molar-refractivity contribution in [2.45, 2.75) is 70.6 Å². The van der Waals surface area contributed by atoms with Crippen molar-refractivity contribution in [1.29, 1.82) is 0 Å². The number of carbonyl (C=O) groups is 4. The Bertz CT molecular complexity index is 1240. The third kappa shape index (κ3) is 5.65. The summed E-state index contributed by atoms with van der Waals surface area (Å²) in [6.45, 7) is 3.88. The van der Waals surface area contributed by atoms with E-state index < -0.39 is 54.5 Å². The van der Waals surface area contributed by atoms with Crippen molar-refractivity contribution in [3.63, 3.8) is 0 Å². The van der Waals surface area contributed by atoms with Crippen LogP contribution in [-0.4, -0.2) is 88.2 Å². The summed E-state index contributed by atoms with van der Waals surface area (Å²) in [5.41, 5.74) is 0.228. The van der Waals surface area contributed by atoms with Crippen LogP contribution in [0, 0.1) is 0 Å². The summed E-state index contributed by atoms with van der Waals surface area (Å²) < 4.78 is 28.4. The third-order valence-electron chi connectivity index (χ3n) is 6.24. The van der Waals surface area contributed by atoms with E-state index in [1.165, 1.54) is 38.8 Å². The van der Waals surface area contributed by atoms with Gasteiger partial charge in [0.25, 0.3) is 0 Å². The molecule has 0 radical (unpaired) electrons. The Kier molecular flexibility index (Phi) is 8.31. The molecule has 4 rings (SSSR count). The van der Waals surface area contributed by atoms with Gasteiger partial charge in [-0.1, -0.05) is 0 Å². The Labute approximate surface area is 222 Å². The van der Waals surface area contributed by atoms with Crippen LogP contribution in [0.1, 0.15) is 46.3 Å². The number of esters is 4. The van der Waals surface area contributed by atoms with Crippen LogP contribution < -0.4 is 4.90 Å². The molecule has 0 saturated carbocycles. The van der Waals surface area contributed by atoms with Gasteiger partial charge in [-0.25, -0.2) is 9.48 Å². The summed E-state index contributed by atoms with van der Waals surface area (Å²) in [6.07, 6.45) is -0.634. The highest BCUT2D eigenvalue weighted by atomic mass is 35.5. The highest BCUT2D eigenvalue weighted by molar-refractivity contribution is 6.28. The number of carbonyl (C=O) groups excluding carboxylic acids is 4. The van der Waals surface area contributed by atoms with E-state index in [0.29, 0.717) is 24.2 Å². The van der Waals surface area contributed by atoms with Crippen molar-refractivity contribution in [2.75, 3.05) is 25.2 Å². The van der Waals surface area contributed by atoms with Gasteiger partial charge in [0.15, 0.2) is 24.1 Å². The van der Waals surface area contributed by atoms with E-state index in [0.717, 1.165) is 12.8 Å². The number of rotatable bonds is 7. The molecule has 0 aromatic carbocycles. The number of fused-ring (bicyclic) bond motifs is 1. The van der Waals surface area contributed by atoms with Gasteiger partial charge in [0.1, 0.15) is 24.6 Å². The van der Waals surface area contributed by atoms with Crippen LogP contribution in [0.5, 0.6) is 0 Å². The zero-order valence-electron chi connectivity index (χ0n) is 21.3. The van der Waals surface area contributed by atoms with Crippen molar-refractivity contribution < 1.29 is 42.9 Å². The highest BCUT2D eigenvalue weighted by Gasteiger charge is 2.51. The molecular formula is C23H28ClN5O9. The lowest BCUT2D eigenvalue weighted by atomic mass is 10.0. The van der Waals surface area contributed by atoms with Gasteiger partial charge in [-0.05, 0) is 30.9 Å². The fourth-order valence-corrected chi connectivity index (χ4v) is 4.91. The van der Waals surface area contributed by atoms with Crippen LogP contribution in [0.4, 0.5) is 5.82 Å². The zero-order valence-corrected chi connectivity index (χ0v) is 22.0. The van der Waals surface area contributed by atoms with Crippen LogP contribution >= 0.6 is 11.6 Å². The minimum Gasteiger partial charge on any atom is -0.467 e. The van der Waals surface area contributed by atoms with E-state index in [1.54, 1.807) is 0 Å². The first kappa shape index (κ1) is 27.5. The van der Waals surface area contributed by atoms with Gasteiger partial charge in [0.2, 0.25) is 5.28 Å². The van der Waals surface area contributed by atoms with Crippen LogP contribution in [0.3, 0.4) is 0 Å². The lowest BCUT2D eigenvalue weighted by molar-refractivity contribution is -0.166. The van der Waals surface area contributed by atoms with E-state index in [2.05, 4.69) is 15.1 Å². The van der Waals surface area contributed by atoms with Crippen molar-refractivity contribution >= 4 is 52.3 Å². The van der Waals surface area contributed by atoms with Crippen molar-refractivity contribution in [2.24, 2.45) is 0 Å². The number of anilines is 1. The molecule has 38 heavy (non-hydrogen) atoms. The quantitative estimate of drug-likeness (QED) is 0.274. The lowest BCUT2D eigenvalue weighted by Crippen LogP contribution is -2.46. The van der Waals surface area contributed by atoms with Crippen LogP contribution in [0.15, 0.2) is 6.20 Å². The summed E-state index contributed by atoms with van der Waals surface area (Å²) in [6, 6.07) is -0.566. The Balaban J connectivity index is 1.78. The normalized spacial score (nSPS) is 25.2. The third-order valence-corrected chi connectivity index (χ3v) is 6.41. The standard InChI is InChI=1S/C23H28ClN5O9/c1-11(30)35-10-16-17(36-12(2)31)18(37-13(3)32)21(38-16)29-20-14(9-25-29)19(26-23(24)27-20)28-8-6-5-7-15(28)22(33)34-4/h9,15-18,21H,5-8,10H2,1-4H3/t15-,16-,17-,18-,21-/m1/s1. The molecule has 0 N–H and O–H groups in total. The van der Waals surface area contributed by atoms with E-state index in [9.17, 15) is 19.2 Å². The largest absolute Gasteiger partial charge is 0.467 e. The summed E-state index contributed by atoms with van der Waals surface area (Å²) in [5.74, 6) is -1.89. The second-order valence-electron chi connectivity index (χ2n) is 8.89. The lowest BCUT2D eigenvalue weighted by Gasteiger charge is -2.34. The molecule has 0 amide bonds. The maximum Gasteiger partial charge on any atom is 0.328 e. The molecule has 5 atom stereocenters. The molecule has 2 aliphatic heterocycles. The van der Waals surface area contributed by atoms with Crippen molar-refractivity contribution in [3.8, 4) is 0 Å². The minimum absolute atomic E-state index is 0.113.